The van der Waals surface area contributed by atoms with Gasteiger partial charge in [-0.25, -0.2) is 0 Å². The number of aryl methyl sites for hydroxylation is 1. The summed E-state index contributed by atoms with van der Waals surface area (Å²) in [7, 11) is 3.39. The van der Waals surface area contributed by atoms with Crippen LogP contribution in [0.1, 0.15) is 33.3 Å². The van der Waals surface area contributed by atoms with E-state index >= 15 is 0 Å². The molecule has 0 atom stereocenters. The van der Waals surface area contributed by atoms with Gasteiger partial charge < -0.3 is 14.0 Å². The van der Waals surface area contributed by atoms with Crippen LogP contribution in [0.3, 0.4) is 0 Å². The van der Waals surface area contributed by atoms with Gasteiger partial charge in [0.25, 0.3) is 0 Å². The molecule has 0 saturated carbocycles. The van der Waals surface area contributed by atoms with Crippen LogP contribution in [0.15, 0.2) is 121 Å². The molecule has 0 aliphatic heterocycles. The zero-order valence-electron chi connectivity index (χ0n) is 27.8. The Bertz CT molecular complexity index is 2390. The lowest BCUT2D eigenvalue weighted by atomic mass is 9.89. The number of hydrogen-bond donors (Lipinski definition) is 0. The number of ether oxygens (including phenoxy) is 2. The van der Waals surface area contributed by atoms with Crippen LogP contribution in [0.2, 0.25) is 0 Å². The Balaban J connectivity index is 0.000000296. The minimum atomic E-state index is -0.234. The third-order valence-corrected chi connectivity index (χ3v) is 10.3. The molecule has 0 unspecified atom stereocenters. The summed E-state index contributed by atoms with van der Waals surface area (Å²) in [6, 6.07) is 44.7. The van der Waals surface area contributed by atoms with Crippen molar-refractivity contribution in [3.63, 3.8) is 0 Å². The second-order valence-electron chi connectivity index (χ2n) is 13.3. The van der Waals surface area contributed by atoms with Gasteiger partial charge in [-0.1, -0.05) is 103 Å². The second-order valence-corrected chi connectivity index (χ2v) is 13.3. The maximum absolute atomic E-state index is 5.27. The number of benzene rings is 7. The van der Waals surface area contributed by atoms with Gasteiger partial charge in [-0.15, -0.1) is 0 Å². The molecule has 0 fully saturated rings. The molecule has 1 aromatic heterocycles. The Kier molecular flexibility index (Phi) is 7.35. The average molecular weight is 604 g/mol. The van der Waals surface area contributed by atoms with Crippen molar-refractivity contribution in [1.82, 2.24) is 4.57 Å². The molecule has 0 bridgehead atoms. The predicted octanol–water partition coefficient (Wildman–Crippen LogP) is 11.5. The minimum Gasteiger partial charge on any atom is -0.376 e. The molecule has 0 N–H and O–H groups in total. The molecule has 7 aromatic carbocycles. The number of hydrogen-bond acceptors (Lipinski definition) is 2. The van der Waals surface area contributed by atoms with E-state index in [2.05, 4.69) is 133 Å². The Morgan fingerprint density at radius 2 is 0.957 bits per heavy atom. The quantitative estimate of drug-likeness (QED) is 0.187. The lowest BCUT2D eigenvalue weighted by Gasteiger charge is -2.38. The first kappa shape index (κ1) is 30.0. The van der Waals surface area contributed by atoms with E-state index in [-0.39, 0.29) is 11.2 Å². The number of rotatable bonds is 4. The first-order chi connectivity index (χ1) is 22.1. The van der Waals surface area contributed by atoms with Gasteiger partial charge in [0.05, 0.1) is 27.9 Å². The maximum atomic E-state index is 5.27. The van der Waals surface area contributed by atoms with E-state index in [1.165, 1.54) is 76.1 Å². The molecular weight excluding hydrogens is 562 g/mol. The number of fused-ring (bicyclic) bond motifs is 10. The highest BCUT2D eigenvalue weighted by molar-refractivity contribution is 6.29. The molecule has 1 heterocycles. The van der Waals surface area contributed by atoms with Crippen LogP contribution in [-0.4, -0.2) is 30.0 Å². The van der Waals surface area contributed by atoms with E-state index in [0.717, 1.165) is 0 Å². The normalized spacial score (nSPS) is 12.4. The summed E-state index contributed by atoms with van der Waals surface area (Å²) in [6.45, 7) is 10.2. The summed E-state index contributed by atoms with van der Waals surface area (Å²) in [5, 5.41) is 13.0. The molecule has 0 radical (unpaired) electrons. The number of nitrogens with zero attached hydrogens (tertiary/aromatic N) is 1. The third kappa shape index (κ3) is 4.74. The maximum Gasteiger partial charge on any atom is 0.0905 e. The molecule has 0 aliphatic carbocycles. The first-order valence-corrected chi connectivity index (χ1v) is 16.0. The second kappa shape index (κ2) is 11.3. The molecule has 8 aromatic rings. The van der Waals surface area contributed by atoms with E-state index in [1.807, 2.05) is 27.7 Å². The lowest BCUT2D eigenvalue weighted by molar-refractivity contribution is -0.147. The zero-order valence-corrected chi connectivity index (χ0v) is 27.8. The van der Waals surface area contributed by atoms with Gasteiger partial charge in [-0.2, -0.15) is 0 Å². The molecule has 46 heavy (non-hydrogen) atoms. The zero-order chi connectivity index (χ0) is 32.2. The van der Waals surface area contributed by atoms with Gasteiger partial charge in [0.15, 0.2) is 0 Å². The Morgan fingerprint density at radius 3 is 1.63 bits per heavy atom. The Hall–Kier alpha value is -4.70. The summed E-state index contributed by atoms with van der Waals surface area (Å²) >= 11 is 0. The fourth-order valence-corrected chi connectivity index (χ4v) is 6.68. The number of methoxy groups -OCH3 is 2. The van der Waals surface area contributed by atoms with Crippen molar-refractivity contribution in [3.8, 4) is 5.69 Å². The van der Waals surface area contributed by atoms with E-state index in [9.17, 15) is 0 Å². The fraction of sp³-hybridized carbons (Fsp3) is 0.209. The van der Waals surface area contributed by atoms with Gasteiger partial charge in [-0.3, -0.25) is 0 Å². The van der Waals surface area contributed by atoms with Crippen LogP contribution in [-0.2, 0) is 9.47 Å². The van der Waals surface area contributed by atoms with Crippen LogP contribution < -0.4 is 0 Å². The Labute approximate surface area is 271 Å². The smallest absolute Gasteiger partial charge is 0.0905 e. The monoisotopic (exact) mass is 603 g/mol. The molecule has 0 saturated heterocycles. The molecule has 0 amide bonds. The summed E-state index contributed by atoms with van der Waals surface area (Å²) in [5.41, 5.74) is 4.53. The molecule has 0 spiro atoms. The SMILES string of the molecule is COC(C)(C)C(C)(C)OC.Cc1ccc2c(c1)c1ccccc1c1cc3c(cc21)c1ccccc1n3-c1cccc2ccccc12. The van der Waals surface area contributed by atoms with Crippen LogP contribution in [0.5, 0.6) is 0 Å². The van der Waals surface area contributed by atoms with E-state index < -0.39 is 0 Å². The van der Waals surface area contributed by atoms with Crippen molar-refractivity contribution in [1.29, 1.82) is 0 Å². The van der Waals surface area contributed by atoms with Crippen molar-refractivity contribution >= 4 is 64.9 Å². The number of para-hydroxylation sites is 1. The summed E-state index contributed by atoms with van der Waals surface area (Å²) in [4.78, 5) is 0. The van der Waals surface area contributed by atoms with Gasteiger partial charge >= 0.3 is 0 Å². The van der Waals surface area contributed by atoms with Crippen LogP contribution in [0, 0.1) is 6.92 Å². The molecular formula is C43H41NO2. The van der Waals surface area contributed by atoms with E-state index in [4.69, 9.17) is 9.47 Å². The van der Waals surface area contributed by atoms with Crippen molar-refractivity contribution in [3.05, 3.63) is 127 Å². The van der Waals surface area contributed by atoms with Crippen molar-refractivity contribution in [2.24, 2.45) is 0 Å². The molecule has 3 heteroatoms. The van der Waals surface area contributed by atoms with Gasteiger partial charge in [0.1, 0.15) is 0 Å². The average Bonchev–Trinajstić information content (AvgIpc) is 3.40. The highest BCUT2D eigenvalue weighted by atomic mass is 16.5. The van der Waals surface area contributed by atoms with Crippen molar-refractivity contribution in [2.45, 2.75) is 45.8 Å². The lowest BCUT2D eigenvalue weighted by Crippen LogP contribution is -2.48. The predicted molar refractivity (Wildman–Crippen MR) is 198 cm³/mol. The highest BCUT2D eigenvalue weighted by Crippen LogP contribution is 2.41. The molecule has 230 valence electrons. The number of aromatic nitrogens is 1. The third-order valence-electron chi connectivity index (χ3n) is 10.3. The Morgan fingerprint density at radius 1 is 0.435 bits per heavy atom. The molecule has 3 nitrogen and oxygen atoms in total. The van der Waals surface area contributed by atoms with E-state index in [0.29, 0.717) is 0 Å². The largest absolute Gasteiger partial charge is 0.376 e. The summed E-state index contributed by atoms with van der Waals surface area (Å²) in [6.07, 6.45) is 0. The first-order valence-electron chi connectivity index (χ1n) is 16.0. The van der Waals surface area contributed by atoms with Crippen molar-refractivity contribution < 1.29 is 9.47 Å². The van der Waals surface area contributed by atoms with Crippen LogP contribution in [0.4, 0.5) is 0 Å². The summed E-state index contributed by atoms with van der Waals surface area (Å²) < 4.78 is 13.0. The highest BCUT2D eigenvalue weighted by Gasteiger charge is 2.37. The van der Waals surface area contributed by atoms with E-state index in [1.54, 1.807) is 14.2 Å². The summed E-state index contributed by atoms with van der Waals surface area (Å²) in [5.74, 6) is 0. The van der Waals surface area contributed by atoms with Crippen LogP contribution in [0.25, 0.3) is 70.6 Å². The fourth-order valence-electron chi connectivity index (χ4n) is 6.68. The van der Waals surface area contributed by atoms with Gasteiger partial charge in [0.2, 0.25) is 0 Å². The topological polar surface area (TPSA) is 23.4 Å². The van der Waals surface area contributed by atoms with Gasteiger partial charge in [-0.05, 0) is 96.6 Å². The minimum absolute atomic E-state index is 0.234. The van der Waals surface area contributed by atoms with Crippen molar-refractivity contribution in [2.75, 3.05) is 14.2 Å². The van der Waals surface area contributed by atoms with Gasteiger partial charge in [0, 0.05) is 30.4 Å². The molecule has 8 rings (SSSR count). The standard InChI is InChI=1S/C35H23N.C8H18O2/c1-22-17-18-27-29(19-22)25-12-4-5-13-26(25)31-21-35-32(20-30(27)31)28-14-6-7-15-34(28)36(35)33-16-8-10-23-9-2-3-11-24(23)33;1-7(2,9-5)8(3,4)10-6/h2-21H,1H3;1-6H3. The van der Waals surface area contributed by atoms with Crippen LogP contribution >= 0.6 is 0 Å². The molecule has 0 aliphatic rings.